The zero-order chi connectivity index (χ0) is 18.5. The molecule has 3 rings (SSSR count). The van der Waals surface area contributed by atoms with Gasteiger partial charge in [-0.05, 0) is 12.1 Å². The summed E-state index contributed by atoms with van der Waals surface area (Å²) < 4.78 is 10.9. The number of hydrogen-bond donors (Lipinski definition) is 2. The highest BCUT2D eigenvalue weighted by atomic mass is 16.6. The van der Waals surface area contributed by atoms with E-state index in [2.05, 4.69) is 10.3 Å². The van der Waals surface area contributed by atoms with Crippen LogP contribution in [0.25, 0.3) is 0 Å². The molecule has 1 aliphatic heterocycles. The Hall–Kier alpha value is -3.29. The van der Waals surface area contributed by atoms with Crippen LogP contribution in [0.5, 0.6) is 11.5 Å². The van der Waals surface area contributed by atoms with Crippen molar-refractivity contribution in [2.24, 2.45) is 10.7 Å². The normalized spacial score (nSPS) is 16.3. The van der Waals surface area contributed by atoms with Gasteiger partial charge in [0.2, 0.25) is 0 Å². The Balaban J connectivity index is 1.74. The molecule has 136 valence electrons. The molecule has 2 aromatic carbocycles. The lowest BCUT2D eigenvalue weighted by Crippen LogP contribution is -2.37. The first-order valence-corrected chi connectivity index (χ1v) is 8.18. The molecule has 3 N–H and O–H groups in total. The van der Waals surface area contributed by atoms with Crippen LogP contribution >= 0.6 is 0 Å². The van der Waals surface area contributed by atoms with Crippen LogP contribution in [-0.2, 0) is 6.54 Å². The van der Waals surface area contributed by atoms with Crippen molar-refractivity contribution in [3.8, 4) is 11.5 Å². The van der Waals surface area contributed by atoms with E-state index in [9.17, 15) is 10.1 Å². The van der Waals surface area contributed by atoms with Crippen LogP contribution in [0.4, 0.5) is 5.69 Å². The SMILES string of the molecule is COc1ccc([N+](=O)[O-])cc1CN=C(N)NC1CCOc2ccccc21. The molecule has 0 bridgehead atoms. The second-order valence-corrected chi connectivity index (χ2v) is 5.83. The monoisotopic (exact) mass is 356 g/mol. The summed E-state index contributed by atoms with van der Waals surface area (Å²) in [6.45, 7) is 0.773. The first-order valence-electron chi connectivity index (χ1n) is 8.18. The Labute approximate surface area is 150 Å². The number of nitro groups is 1. The van der Waals surface area contributed by atoms with Gasteiger partial charge in [0, 0.05) is 29.7 Å². The summed E-state index contributed by atoms with van der Waals surface area (Å²) in [6, 6.07) is 12.2. The molecule has 0 aromatic heterocycles. The summed E-state index contributed by atoms with van der Waals surface area (Å²) >= 11 is 0. The smallest absolute Gasteiger partial charge is 0.270 e. The van der Waals surface area contributed by atoms with Crippen molar-refractivity contribution in [2.45, 2.75) is 19.0 Å². The largest absolute Gasteiger partial charge is 0.496 e. The molecule has 1 heterocycles. The minimum Gasteiger partial charge on any atom is -0.496 e. The summed E-state index contributed by atoms with van der Waals surface area (Å²) in [4.78, 5) is 14.8. The van der Waals surface area contributed by atoms with Crippen molar-refractivity contribution in [1.82, 2.24) is 5.32 Å². The van der Waals surface area contributed by atoms with Gasteiger partial charge < -0.3 is 20.5 Å². The number of aliphatic imine (C=N–C) groups is 1. The topological polar surface area (TPSA) is 112 Å². The predicted molar refractivity (Wildman–Crippen MR) is 97.4 cm³/mol. The van der Waals surface area contributed by atoms with Gasteiger partial charge >= 0.3 is 0 Å². The molecular weight excluding hydrogens is 336 g/mol. The first kappa shape index (κ1) is 17.5. The fourth-order valence-electron chi connectivity index (χ4n) is 2.89. The number of hydrogen-bond acceptors (Lipinski definition) is 5. The summed E-state index contributed by atoms with van der Waals surface area (Å²) in [7, 11) is 1.51. The standard InChI is InChI=1S/C18H20N4O4/c1-25-16-7-6-13(22(23)24)10-12(16)11-20-18(19)21-15-8-9-26-17-5-3-2-4-14(15)17/h2-7,10,15H,8-9,11H2,1H3,(H3,19,20,21). The van der Waals surface area contributed by atoms with Gasteiger partial charge in [-0.15, -0.1) is 0 Å². The number of nitrogens with one attached hydrogen (secondary N) is 1. The Morgan fingerprint density at radius 3 is 3.00 bits per heavy atom. The highest BCUT2D eigenvalue weighted by molar-refractivity contribution is 5.78. The Kier molecular flexibility index (Phi) is 5.21. The minimum absolute atomic E-state index is 0.00991. The second-order valence-electron chi connectivity index (χ2n) is 5.83. The molecule has 1 aliphatic rings. The molecule has 0 amide bonds. The number of benzene rings is 2. The van der Waals surface area contributed by atoms with Crippen molar-refractivity contribution < 1.29 is 14.4 Å². The molecule has 8 heteroatoms. The van der Waals surface area contributed by atoms with E-state index < -0.39 is 4.92 Å². The van der Waals surface area contributed by atoms with E-state index in [1.165, 1.54) is 19.2 Å². The molecule has 0 spiro atoms. The molecule has 26 heavy (non-hydrogen) atoms. The van der Waals surface area contributed by atoms with E-state index in [1.54, 1.807) is 6.07 Å². The molecular formula is C18H20N4O4. The number of rotatable bonds is 5. The molecule has 0 radical (unpaired) electrons. The maximum Gasteiger partial charge on any atom is 0.270 e. The number of nitrogens with zero attached hydrogens (tertiary/aromatic N) is 2. The maximum absolute atomic E-state index is 11.0. The lowest BCUT2D eigenvalue weighted by Gasteiger charge is -2.26. The van der Waals surface area contributed by atoms with Gasteiger partial charge in [0.05, 0.1) is 31.2 Å². The molecule has 1 atom stereocenters. The fraction of sp³-hybridized carbons (Fsp3) is 0.278. The van der Waals surface area contributed by atoms with E-state index in [4.69, 9.17) is 15.2 Å². The molecule has 0 aliphatic carbocycles. The molecule has 0 fully saturated rings. The van der Waals surface area contributed by atoms with E-state index in [0.717, 1.165) is 17.7 Å². The van der Waals surface area contributed by atoms with Crippen LogP contribution in [0.15, 0.2) is 47.5 Å². The van der Waals surface area contributed by atoms with Crippen LogP contribution in [0.3, 0.4) is 0 Å². The van der Waals surface area contributed by atoms with Crippen molar-refractivity contribution in [3.05, 3.63) is 63.7 Å². The van der Waals surface area contributed by atoms with E-state index in [1.807, 2.05) is 24.3 Å². The van der Waals surface area contributed by atoms with Gasteiger partial charge in [0.15, 0.2) is 5.96 Å². The second kappa shape index (κ2) is 7.73. The Bertz CT molecular complexity index is 838. The van der Waals surface area contributed by atoms with Crippen LogP contribution in [-0.4, -0.2) is 24.6 Å². The Morgan fingerprint density at radius 1 is 1.42 bits per heavy atom. The van der Waals surface area contributed by atoms with Gasteiger partial charge in [0.25, 0.3) is 5.69 Å². The van der Waals surface area contributed by atoms with Gasteiger partial charge in [-0.3, -0.25) is 10.1 Å². The summed E-state index contributed by atoms with van der Waals surface area (Å²) in [6.07, 6.45) is 0.771. The maximum atomic E-state index is 11.0. The quantitative estimate of drug-likeness (QED) is 0.368. The number of para-hydroxylation sites is 1. The summed E-state index contributed by atoms with van der Waals surface area (Å²) in [5.74, 6) is 1.63. The average Bonchev–Trinajstić information content (AvgIpc) is 2.66. The molecule has 0 saturated carbocycles. The lowest BCUT2D eigenvalue weighted by atomic mass is 10.0. The number of fused-ring (bicyclic) bond motifs is 1. The van der Waals surface area contributed by atoms with Crippen LogP contribution in [0, 0.1) is 10.1 Å². The van der Waals surface area contributed by atoms with Crippen LogP contribution in [0.1, 0.15) is 23.6 Å². The summed E-state index contributed by atoms with van der Waals surface area (Å²) in [5, 5.41) is 14.1. The number of non-ortho nitro benzene ring substituents is 1. The van der Waals surface area contributed by atoms with Gasteiger partial charge in [0.1, 0.15) is 11.5 Å². The van der Waals surface area contributed by atoms with Crippen molar-refractivity contribution in [1.29, 1.82) is 0 Å². The van der Waals surface area contributed by atoms with Crippen molar-refractivity contribution in [3.63, 3.8) is 0 Å². The third-order valence-corrected chi connectivity index (χ3v) is 4.18. The average molecular weight is 356 g/mol. The van der Waals surface area contributed by atoms with Gasteiger partial charge in [-0.2, -0.15) is 0 Å². The van der Waals surface area contributed by atoms with Crippen LogP contribution < -0.4 is 20.5 Å². The number of nitro benzene ring substituents is 1. The molecule has 0 saturated heterocycles. The van der Waals surface area contributed by atoms with Gasteiger partial charge in [-0.1, -0.05) is 18.2 Å². The van der Waals surface area contributed by atoms with Crippen LogP contribution in [0.2, 0.25) is 0 Å². The number of nitrogens with two attached hydrogens (primary N) is 1. The van der Waals surface area contributed by atoms with E-state index >= 15 is 0 Å². The summed E-state index contributed by atoms with van der Waals surface area (Å²) in [5.41, 5.74) is 7.64. The van der Waals surface area contributed by atoms with E-state index in [-0.39, 0.29) is 24.2 Å². The van der Waals surface area contributed by atoms with Crippen molar-refractivity contribution >= 4 is 11.6 Å². The highest BCUT2D eigenvalue weighted by Crippen LogP contribution is 2.31. The number of ether oxygens (including phenoxy) is 2. The third-order valence-electron chi connectivity index (χ3n) is 4.18. The number of methoxy groups -OCH3 is 1. The lowest BCUT2D eigenvalue weighted by molar-refractivity contribution is -0.384. The molecule has 8 nitrogen and oxygen atoms in total. The zero-order valence-electron chi connectivity index (χ0n) is 14.3. The fourth-order valence-corrected chi connectivity index (χ4v) is 2.89. The third kappa shape index (κ3) is 3.85. The predicted octanol–water partition coefficient (Wildman–Crippen LogP) is 2.53. The molecule has 2 aromatic rings. The minimum atomic E-state index is -0.451. The highest BCUT2D eigenvalue weighted by Gasteiger charge is 2.21. The molecule has 1 unspecified atom stereocenters. The zero-order valence-corrected chi connectivity index (χ0v) is 14.3. The number of guanidine groups is 1. The van der Waals surface area contributed by atoms with Gasteiger partial charge in [-0.25, -0.2) is 4.99 Å². The van der Waals surface area contributed by atoms with Crippen molar-refractivity contribution in [2.75, 3.05) is 13.7 Å². The Morgan fingerprint density at radius 2 is 2.23 bits per heavy atom. The first-order chi connectivity index (χ1) is 12.6. The van der Waals surface area contributed by atoms with E-state index in [0.29, 0.717) is 17.9 Å².